The molecule has 0 radical (unpaired) electrons. The van der Waals surface area contributed by atoms with Crippen LogP contribution in [0.1, 0.15) is 17.3 Å². The van der Waals surface area contributed by atoms with Gasteiger partial charge in [-0.15, -0.1) is 0 Å². The van der Waals surface area contributed by atoms with Gasteiger partial charge in [-0.1, -0.05) is 0 Å². The van der Waals surface area contributed by atoms with Crippen LogP contribution in [0.2, 0.25) is 0 Å². The van der Waals surface area contributed by atoms with Crippen LogP contribution in [0.15, 0.2) is 59.4 Å². The second-order valence-electron chi connectivity index (χ2n) is 6.56. The molecule has 8 heteroatoms. The number of amides is 1. The van der Waals surface area contributed by atoms with Crippen molar-refractivity contribution in [3.8, 4) is 28.5 Å². The Balaban J connectivity index is 1.69. The summed E-state index contributed by atoms with van der Waals surface area (Å²) in [5, 5.41) is 7.21. The van der Waals surface area contributed by atoms with E-state index < -0.39 is 0 Å². The molecule has 0 saturated carbocycles. The third kappa shape index (κ3) is 5.42. The van der Waals surface area contributed by atoms with Gasteiger partial charge >= 0.3 is 0 Å². The number of carbonyl (C=O) groups excluding carboxylic acids is 1. The van der Waals surface area contributed by atoms with Gasteiger partial charge in [0.05, 0.1) is 38.6 Å². The van der Waals surface area contributed by atoms with Crippen LogP contribution in [0.5, 0.6) is 17.2 Å². The molecule has 0 fully saturated rings. The number of nitrogens with zero attached hydrogens (tertiary/aromatic N) is 2. The Kier molecular flexibility index (Phi) is 7.26. The zero-order chi connectivity index (χ0) is 22.2. The maximum Gasteiger partial charge on any atom is 0.266 e. The van der Waals surface area contributed by atoms with Crippen LogP contribution in [-0.2, 0) is 6.54 Å². The fourth-order valence-electron chi connectivity index (χ4n) is 3.01. The zero-order valence-corrected chi connectivity index (χ0v) is 17.8. The van der Waals surface area contributed by atoms with Crippen LogP contribution in [0, 0.1) is 0 Å². The summed E-state index contributed by atoms with van der Waals surface area (Å²) in [5.41, 5.74) is 1.62. The van der Waals surface area contributed by atoms with Crippen molar-refractivity contribution in [2.75, 3.05) is 27.4 Å². The summed E-state index contributed by atoms with van der Waals surface area (Å²) in [6.45, 7) is 2.96. The number of rotatable bonds is 9. The number of benzene rings is 2. The van der Waals surface area contributed by atoms with Gasteiger partial charge in [-0.3, -0.25) is 9.59 Å². The summed E-state index contributed by atoms with van der Waals surface area (Å²) in [6.07, 6.45) is 0. The number of methoxy groups -OCH3 is 2. The number of carbonyl (C=O) groups is 1. The first-order valence-corrected chi connectivity index (χ1v) is 9.87. The van der Waals surface area contributed by atoms with Crippen LogP contribution in [-0.4, -0.2) is 43.1 Å². The molecule has 2 aromatic carbocycles. The summed E-state index contributed by atoms with van der Waals surface area (Å²) < 4.78 is 17.2. The summed E-state index contributed by atoms with van der Waals surface area (Å²) in [4.78, 5) is 24.8. The predicted octanol–water partition coefficient (Wildman–Crippen LogP) is 2.76. The van der Waals surface area contributed by atoms with Gasteiger partial charge in [0.2, 0.25) is 0 Å². The normalized spacial score (nSPS) is 10.4. The fourth-order valence-corrected chi connectivity index (χ4v) is 3.01. The largest absolute Gasteiger partial charge is 0.497 e. The molecule has 1 heterocycles. The number of ether oxygens (including phenoxy) is 3. The predicted molar refractivity (Wildman–Crippen MR) is 117 cm³/mol. The van der Waals surface area contributed by atoms with Crippen LogP contribution >= 0.6 is 0 Å². The monoisotopic (exact) mass is 423 g/mol. The first-order chi connectivity index (χ1) is 15.0. The van der Waals surface area contributed by atoms with Gasteiger partial charge in [0.25, 0.3) is 11.5 Å². The lowest BCUT2D eigenvalue weighted by Gasteiger charge is -2.12. The van der Waals surface area contributed by atoms with Gasteiger partial charge in [-0.25, -0.2) is 4.68 Å². The second-order valence-corrected chi connectivity index (χ2v) is 6.56. The second kappa shape index (κ2) is 10.3. The Bertz CT molecular complexity index is 1090. The Labute approximate surface area is 180 Å². The van der Waals surface area contributed by atoms with E-state index in [2.05, 4.69) is 10.4 Å². The van der Waals surface area contributed by atoms with E-state index in [1.165, 1.54) is 25.0 Å². The smallest absolute Gasteiger partial charge is 0.266 e. The highest BCUT2D eigenvalue weighted by Crippen LogP contribution is 2.24. The minimum absolute atomic E-state index is 0.221. The zero-order valence-electron chi connectivity index (χ0n) is 17.8. The topological polar surface area (TPSA) is 91.7 Å². The molecule has 0 aliphatic heterocycles. The van der Waals surface area contributed by atoms with Crippen LogP contribution in [0.4, 0.5) is 0 Å². The van der Waals surface area contributed by atoms with E-state index in [0.29, 0.717) is 29.4 Å². The number of nitrogens with one attached hydrogen (secondary N) is 1. The first-order valence-electron chi connectivity index (χ1n) is 9.87. The average molecular weight is 423 g/mol. The SMILES string of the molecule is CCOc1ccc(-c2ccc(=O)n(CCNC(=O)c3cc(OC)ccc3OC)n2)cc1. The fraction of sp³-hybridized carbons (Fsp3) is 0.261. The lowest BCUT2D eigenvalue weighted by molar-refractivity contribution is 0.0948. The minimum Gasteiger partial charge on any atom is -0.497 e. The van der Waals surface area contributed by atoms with Crippen molar-refractivity contribution in [3.63, 3.8) is 0 Å². The highest BCUT2D eigenvalue weighted by molar-refractivity contribution is 5.97. The summed E-state index contributed by atoms with van der Waals surface area (Å²) in [6, 6.07) is 15.6. The Morgan fingerprint density at radius 3 is 2.42 bits per heavy atom. The van der Waals surface area contributed by atoms with E-state index >= 15 is 0 Å². The standard InChI is InChI=1S/C23H25N3O5/c1-4-31-17-7-5-16(6-8-17)20-10-12-22(27)26(25-20)14-13-24-23(28)19-15-18(29-2)9-11-21(19)30-3/h5-12,15H,4,13-14H2,1-3H3,(H,24,28). The van der Waals surface area contributed by atoms with Crippen LogP contribution in [0.3, 0.4) is 0 Å². The van der Waals surface area contributed by atoms with Crippen LogP contribution < -0.4 is 25.1 Å². The van der Waals surface area contributed by atoms with Gasteiger partial charge in [-0.05, 0) is 55.5 Å². The molecule has 0 atom stereocenters. The van der Waals surface area contributed by atoms with E-state index in [4.69, 9.17) is 14.2 Å². The molecule has 8 nitrogen and oxygen atoms in total. The molecule has 31 heavy (non-hydrogen) atoms. The van der Waals surface area contributed by atoms with Gasteiger partial charge in [-0.2, -0.15) is 5.10 Å². The molecule has 3 aromatic rings. The highest BCUT2D eigenvalue weighted by atomic mass is 16.5. The Hall–Kier alpha value is -3.81. The number of hydrogen-bond acceptors (Lipinski definition) is 6. The molecule has 0 aliphatic carbocycles. The molecule has 1 amide bonds. The molecule has 0 bridgehead atoms. The Morgan fingerprint density at radius 1 is 1.00 bits per heavy atom. The van der Waals surface area contributed by atoms with Crippen molar-refractivity contribution in [1.82, 2.24) is 15.1 Å². The molecule has 0 aliphatic rings. The summed E-state index contributed by atoms with van der Waals surface area (Å²) in [7, 11) is 3.02. The lowest BCUT2D eigenvalue weighted by atomic mass is 10.1. The van der Waals surface area contributed by atoms with Crippen molar-refractivity contribution in [3.05, 3.63) is 70.5 Å². The third-order valence-corrected chi connectivity index (χ3v) is 4.59. The molecule has 3 rings (SSSR count). The highest BCUT2D eigenvalue weighted by Gasteiger charge is 2.13. The van der Waals surface area contributed by atoms with Crippen molar-refractivity contribution in [2.24, 2.45) is 0 Å². The van der Waals surface area contributed by atoms with Crippen molar-refractivity contribution < 1.29 is 19.0 Å². The molecule has 0 spiro atoms. The lowest BCUT2D eigenvalue weighted by Crippen LogP contribution is -2.32. The van der Waals surface area contributed by atoms with E-state index in [0.717, 1.165) is 11.3 Å². The minimum atomic E-state index is -0.327. The van der Waals surface area contributed by atoms with Crippen molar-refractivity contribution >= 4 is 5.91 Å². The first kappa shape index (κ1) is 21.9. The van der Waals surface area contributed by atoms with Gasteiger partial charge in [0.1, 0.15) is 17.2 Å². The molecule has 0 unspecified atom stereocenters. The molecule has 1 N–H and O–H groups in total. The molecule has 0 saturated heterocycles. The average Bonchev–Trinajstić information content (AvgIpc) is 2.80. The maximum atomic E-state index is 12.6. The quantitative estimate of drug-likeness (QED) is 0.569. The maximum absolute atomic E-state index is 12.6. The van der Waals surface area contributed by atoms with Gasteiger partial charge < -0.3 is 19.5 Å². The van der Waals surface area contributed by atoms with E-state index in [-0.39, 0.29) is 24.6 Å². The van der Waals surface area contributed by atoms with Gasteiger partial charge in [0, 0.05) is 18.2 Å². The third-order valence-electron chi connectivity index (χ3n) is 4.59. The summed E-state index contributed by atoms with van der Waals surface area (Å²) >= 11 is 0. The summed E-state index contributed by atoms with van der Waals surface area (Å²) in [5.74, 6) is 1.43. The number of aromatic nitrogens is 2. The van der Waals surface area contributed by atoms with Crippen LogP contribution in [0.25, 0.3) is 11.3 Å². The molecular weight excluding hydrogens is 398 g/mol. The number of hydrogen-bond donors (Lipinski definition) is 1. The van der Waals surface area contributed by atoms with Gasteiger partial charge in [0.15, 0.2) is 0 Å². The Morgan fingerprint density at radius 2 is 1.74 bits per heavy atom. The van der Waals surface area contributed by atoms with Crippen molar-refractivity contribution in [1.29, 1.82) is 0 Å². The van der Waals surface area contributed by atoms with Crippen molar-refractivity contribution in [2.45, 2.75) is 13.5 Å². The molecular formula is C23H25N3O5. The molecule has 162 valence electrons. The van der Waals surface area contributed by atoms with E-state index in [1.54, 1.807) is 24.3 Å². The molecule has 1 aromatic heterocycles. The van der Waals surface area contributed by atoms with E-state index in [1.807, 2.05) is 31.2 Å². The van der Waals surface area contributed by atoms with E-state index in [9.17, 15) is 9.59 Å².